The van der Waals surface area contributed by atoms with Gasteiger partial charge in [-0.25, -0.2) is 9.61 Å². The molecule has 0 bridgehead atoms. The van der Waals surface area contributed by atoms with Crippen LogP contribution in [-0.4, -0.2) is 43.6 Å². The Morgan fingerprint density at radius 1 is 1.15 bits per heavy atom. The molecule has 2 heterocycles. The molecule has 34 heavy (non-hydrogen) atoms. The summed E-state index contributed by atoms with van der Waals surface area (Å²) in [5.41, 5.74) is 4.26. The summed E-state index contributed by atoms with van der Waals surface area (Å²) in [4.78, 5) is 32.6. The second kappa shape index (κ2) is 9.09. The Bertz CT molecular complexity index is 1340. The Morgan fingerprint density at radius 2 is 1.91 bits per heavy atom. The molecule has 9 heteroatoms. The number of anilines is 1. The van der Waals surface area contributed by atoms with E-state index in [1.165, 1.54) is 0 Å². The predicted molar refractivity (Wildman–Crippen MR) is 126 cm³/mol. The highest BCUT2D eigenvalue weighted by Crippen LogP contribution is 2.34. The number of imidazole rings is 1. The molecule has 0 atom stereocenters. The van der Waals surface area contributed by atoms with E-state index in [4.69, 9.17) is 4.63 Å². The van der Waals surface area contributed by atoms with Crippen molar-refractivity contribution < 1.29 is 14.2 Å². The lowest BCUT2D eigenvalue weighted by atomic mass is 10.1. The van der Waals surface area contributed by atoms with Crippen LogP contribution in [0.1, 0.15) is 63.8 Å². The summed E-state index contributed by atoms with van der Waals surface area (Å²) in [5, 5.41) is 10.6. The van der Waals surface area contributed by atoms with Gasteiger partial charge in [-0.1, -0.05) is 41.4 Å². The van der Waals surface area contributed by atoms with Gasteiger partial charge < -0.3 is 14.8 Å². The average molecular weight is 459 g/mol. The summed E-state index contributed by atoms with van der Waals surface area (Å²) in [6, 6.07) is 12.9. The van der Waals surface area contributed by atoms with Gasteiger partial charge in [0.25, 0.3) is 11.8 Å². The lowest BCUT2D eigenvalue weighted by Crippen LogP contribution is -2.27. The first-order chi connectivity index (χ1) is 16.5. The van der Waals surface area contributed by atoms with Gasteiger partial charge in [0.2, 0.25) is 0 Å². The molecule has 1 aliphatic rings. The lowest BCUT2D eigenvalue weighted by Gasteiger charge is -2.20. The van der Waals surface area contributed by atoms with Gasteiger partial charge in [0.1, 0.15) is 11.4 Å². The molecule has 0 unspecified atom stereocenters. The number of aromatic nitrogens is 4. The Morgan fingerprint density at radius 3 is 2.62 bits per heavy atom. The standard InChI is InChI=1S/C25H26N6O3/c1-16-22(29-34-28-16)14-30(2)25(33)20-12-18(27-24(32)17-8-4-3-5-9-17)13-21-23(20)31(15-26-21)19-10-6-7-11-19/h3-5,8-9,12-13,15,19H,6-7,10-11,14H2,1-2H3,(H,27,32). The third-order valence-electron chi connectivity index (χ3n) is 6.39. The molecule has 0 radical (unpaired) electrons. The van der Waals surface area contributed by atoms with Crippen molar-refractivity contribution in [2.75, 3.05) is 12.4 Å². The molecule has 1 aliphatic carbocycles. The fourth-order valence-corrected chi connectivity index (χ4v) is 4.55. The third-order valence-corrected chi connectivity index (χ3v) is 6.39. The molecule has 1 fully saturated rings. The zero-order valence-corrected chi connectivity index (χ0v) is 19.2. The minimum Gasteiger partial charge on any atom is -0.336 e. The van der Waals surface area contributed by atoms with Crippen LogP contribution in [0.2, 0.25) is 0 Å². The normalized spacial score (nSPS) is 13.9. The van der Waals surface area contributed by atoms with Crippen LogP contribution in [0.15, 0.2) is 53.4 Å². The highest BCUT2D eigenvalue weighted by Gasteiger charge is 2.25. The Labute approximate surface area is 196 Å². The zero-order valence-electron chi connectivity index (χ0n) is 19.2. The Balaban J connectivity index is 1.53. The maximum atomic E-state index is 13.7. The fraction of sp³-hybridized carbons (Fsp3) is 0.320. The van der Waals surface area contributed by atoms with Crippen LogP contribution in [0.5, 0.6) is 0 Å². The lowest BCUT2D eigenvalue weighted by molar-refractivity contribution is 0.0783. The van der Waals surface area contributed by atoms with E-state index in [2.05, 4.69) is 25.2 Å². The summed E-state index contributed by atoms with van der Waals surface area (Å²) >= 11 is 0. The quantitative estimate of drug-likeness (QED) is 0.460. The van der Waals surface area contributed by atoms with E-state index in [0.29, 0.717) is 39.8 Å². The minimum atomic E-state index is -0.244. The van der Waals surface area contributed by atoms with Gasteiger partial charge in [0.05, 0.1) is 29.5 Å². The van der Waals surface area contributed by atoms with Gasteiger partial charge in [-0.2, -0.15) is 0 Å². The largest absolute Gasteiger partial charge is 0.336 e. The molecular weight excluding hydrogens is 432 g/mol. The van der Waals surface area contributed by atoms with Crippen LogP contribution in [0, 0.1) is 6.92 Å². The molecular formula is C25H26N6O3. The Kier molecular flexibility index (Phi) is 5.83. The van der Waals surface area contributed by atoms with Gasteiger partial charge in [-0.05, 0) is 44.0 Å². The third kappa shape index (κ3) is 4.16. The maximum absolute atomic E-state index is 13.7. The van der Waals surface area contributed by atoms with Crippen LogP contribution < -0.4 is 5.32 Å². The number of fused-ring (bicyclic) bond motifs is 1. The topological polar surface area (TPSA) is 106 Å². The van der Waals surface area contributed by atoms with E-state index in [1.807, 2.05) is 30.6 Å². The van der Waals surface area contributed by atoms with Crippen molar-refractivity contribution >= 4 is 28.5 Å². The SMILES string of the molecule is Cc1nonc1CN(C)C(=O)c1cc(NC(=O)c2ccccc2)cc2ncn(C3CCCC3)c12. The number of hydrogen-bond acceptors (Lipinski definition) is 6. The molecule has 2 aromatic heterocycles. The van der Waals surface area contributed by atoms with Crippen molar-refractivity contribution in [1.29, 1.82) is 0 Å². The van der Waals surface area contributed by atoms with Gasteiger partial charge in [-0.3, -0.25) is 9.59 Å². The van der Waals surface area contributed by atoms with Crippen LogP contribution in [0.3, 0.4) is 0 Å². The second-order valence-corrected chi connectivity index (χ2v) is 8.76. The molecule has 1 N–H and O–H groups in total. The van der Waals surface area contributed by atoms with E-state index in [-0.39, 0.29) is 18.4 Å². The number of nitrogens with one attached hydrogen (secondary N) is 1. The fourth-order valence-electron chi connectivity index (χ4n) is 4.55. The average Bonchev–Trinajstić information content (AvgIpc) is 3.60. The molecule has 5 rings (SSSR count). The number of benzene rings is 2. The summed E-state index contributed by atoms with van der Waals surface area (Å²) in [6.07, 6.45) is 6.26. The zero-order chi connectivity index (χ0) is 23.7. The van der Waals surface area contributed by atoms with Crippen LogP contribution >= 0.6 is 0 Å². The summed E-state index contributed by atoms with van der Waals surface area (Å²) in [7, 11) is 1.72. The first kappa shape index (κ1) is 21.8. The van der Waals surface area contributed by atoms with Crippen molar-refractivity contribution in [2.24, 2.45) is 0 Å². The van der Waals surface area contributed by atoms with Gasteiger partial charge >= 0.3 is 0 Å². The number of amides is 2. The van der Waals surface area contributed by atoms with E-state index in [1.54, 1.807) is 37.1 Å². The van der Waals surface area contributed by atoms with Gasteiger partial charge in [-0.15, -0.1) is 0 Å². The molecule has 2 aromatic carbocycles. The van der Waals surface area contributed by atoms with Crippen LogP contribution in [0.25, 0.3) is 11.0 Å². The molecule has 0 spiro atoms. The molecule has 174 valence electrons. The van der Waals surface area contributed by atoms with Crippen molar-refractivity contribution in [2.45, 2.75) is 45.2 Å². The van der Waals surface area contributed by atoms with Crippen LogP contribution in [0.4, 0.5) is 5.69 Å². The van der Waals surface area contributed by atoms with Gasteiger partial charge in [0, 0.05) is 24.3 Å². The number of nitrogens with zero attached hydrogens (tertiary/aromatic N) is 5. The maximum Gasteiger partial charge on any atom is 0.256 e. The smallest absolute Gasteiger partial charge is 0.256 e. The highest BCUT2D eigenvalue weighted by molar-refractivity contribution is 6.09. The number of carbonyl (C=O) groups excluding carboxylic acids is 2. The monoisotopic (exact) mass is 458 g/mol. The number of aryl methyl sites for hydroxylation is 1. The number of rotatable bonds is 6. The number of carbonyl (C=O) groups is 2. The first-order valence-corrected chi connectivity index (χ1v) is 11.4. The van der Waals surface area contributed by atoms with E-state index in [0.717, 1.165) is 31.2 Å². The molecule has 2 amide bonds. The molecule has 1 saturated carbocycles. The van der Waals surface area contributed by atoms with E-state index >= 15 is 0 Å². The molecule has 0 aliphatic heterocycles. The van der Waals surface area contributed by atoms with Gasteiger partial charge in [0.15, 0.2) is 0 Å². The summed E-state index contributed by atoms with van der Waals surface area (Å²) < 4.78 is 6.90. The number of hydrogen-bond donors (Lipinski definition) is 1. The molecule has 0 saturated heterocycles. The van der Waals surface area contributed by atoms with Crippen molar-refractivity contribution in [3.63, 3.8) is 0 Å². The van der Waals surface area contributed by atoms with Crippen molar-refractivity contribution in [3.8, 4) is 0 Å². The van der Waals surface area contributed by atoms with Crippen molar-refractivity contribution in [1.82, 2.24) is 24.8 Å². The first-order valence-electron chi connectivity index (χ1n) is 11.4. The van der Waals surface area contributed by atoms with Crippen molar-refractivity contribution in [3.05, 3.63) is 71.3 Å². The van der Waals surface area contributed by atoms with Crippen LogP contribution in [-0.2, 0) is 6.54 Å². The predicted octanol–water partition coefficient (Wildman–Crippen LogP) is 4.37. The molecule has 9 nitrogen and oxygen atoms in total. The second-order valence-electron chi connectivity index (χ2n) is 8.76. The summed E-state index contributed by atoms with van der Waals surface area (Å²) in [5.74, 6) is -0.436. The van der Waals surface area contributed by atoms with E-state index < -0.39 is 0 Å². The van der Waals surface area contributed by atoms with E-state index in [9.17, 15) is 9.59 Å². The summed E-state index contributed by atoms with van der Waals surface area (Å²) in [6.45, 7) is 2.05. The minimum absolute atomic E-state index is 0.192. The molecule has 4 aromatic rings. The Hall–Kier alpha value is -4.01. The highest BCUT2D eigenvalue weighted by atomic mass is 16.6.